The van der Waals surface area contributed by atoms with Gasteiger partial charge in [-0.2, -0.15) is 0 Å². The first-order chi connectivity index (χ1) is 8.24. The van der Waals surface area contributed by atoms with Crippen LogP contribution in [-0.4, -0.2) is 11.1 Å². The van der Waals surface area contributed by atoms with Crippen molar-refractivity contribution in [1.82, 2.24) is 4.57 Å². The summed E-state index contributed by atoms with van der Waals surface area (Å²) in [7, 11) is 0. The number of halogens is 1. The summed E-state index contributed by atoms with van der Waals surface area (Å²) < 4.78 is 15.3. The number of rotatable bonds is 1. The maximum atomic E-state index is 13.0. The minimum absolute atomic E-state index is 0.0319. The van der Waals surface area contributed by atoms with Crippen LogP contribution in [0.1, 0.15) is 5.56 Å². The second-order valence-corrected chi connectivity index (χ2v) is 4.80. The van der Waals surface area contributed by atoms with E-state index in [1.54, 1.807) is 22.8 Å². The Kier molecular flexibility index (Phi) is 2.40. The molecule has 0 amide bonds. The third-order valence-electron chi connectivity index (χ3n) is 2.61. The first-order valence-corrected chi connectivity index (χ1v) is 6.07. The molecule has 1 aromatic carbocycles. The second kappa shape index (κ2) is 3.92. The van der Waals surface area contributed by atoms with E-state index in [4.69, 9.17) is 0 Å². The molecule has 0 aliphatic carbocycles. The van der Waals surface area contributed by atoms with Crippen LogP contribution in [0.3, 0.4) is 0 Å². The Balaban J connectivity index is 2.20. The van der Waals surface area contributed by atoms with Gasteiger partial charge in [0.25, 0.3) is 5.56 Å². The molecule has 5 heteroatoms. The third kappa shape index (κ3) is 1.82. The van der Waals surface area contributed by atoms with E-state index in [0.29, 0.717) is 23.2 Å². The molecule has 1 aromatic heterocycles. The molecule has 86 valence electrons. The molecule has 3 nitrogen and oxygen atoms in total. The Labute approximate surface area is 100 Å². The van der Waals surface area contributed by atoms with Gasteiger partial charge in [-0.15, -0.1) is 0 Å². The predicted octanol–water partition coefficient (Wildman–Crippen LogP) is 0.511. The fraction of sp³-hybridized carbons (Fsp3) is 0.167. The van der Waals surface area contributed by atoms with Crippen LogP contribution in [0.2, 0.25) is 0 Å². The van der Waals surface area contributed by atoms with Crippen molar-refractivity contribution in [3.63, 3.8) is 0 Å². The molecule has 0 saturated heterocycles. The summed E-state index contributed by atoms with van der Waals surface area (Å²) in [6, 6.07) is 6.19. The van der Waals surface area contributed by atoms with Gasteiger partial charge in [-0.05, 0) is 23.8 Å². The first kappa shape index (κ1) is 10.4. The normalized spacial score (nSPS) is 14.8. The SMILES string of the molecule is O=c1/c(=C/c2cccc(F)c2)sc2n1CCN=2. The van der Waals surface area contributed by atoms with E-state index in [2.05, 4.69) is 4.99 Å². The average molecular weight is 248 g/mol. The average Bonchev–Trinajstić information content (AvgIpc) is 2.84. The second-order valence-electron chi connectivity index (χ2n) is 3.79. The van der Waals surface area contributed by atoms with E-state index in [1.807, 2.05) is 0 Å². The number of nitrogens with zero attached hydrogens (tertiary/aromatic N) is 2. The molecular formula is C12H9FN2OS. The van der Waals surface area contributed by atoms with Crippen LogP contribution >= 0.6 is 11.3 Å². The van der Waals surface area contributed by atoms with E-state index < -0.39 is 0 Å². The molecule has 0 radical (unpaired) electrons. The van der Waals surface area contributed by atoms with Gasteiger partial charge in [0.1, 0.15) is 5.82 Å². The summed E-state index contributed by atoms with van der Waals surface area (Å²) in [5.74, 6) is -0.298. The van der Waals surface area contributed by atoms with Gasteiger partial charge in [0.2, 0.25) is 0 Å². The lowest BCUT2D eigenvalue weighted by atomic mass is 10.2. The number of hydrogen-bond acceptors (Lipinski definition) is 3. The smallest absolute Gasteiger partial charge is 0.270 e. The largest absolute Gasteiger partial charge is 0.282 e. The zero-order chi connectivity index (χ0) is 11.8. The zero-order valence-electron chi connectivity index (χ0n) is 8.89. The Morgan fingerprint density at radius 3 is 3.12 bits per heavy atom. The van der Waals surface area contributed by atoms with Crippen molar-refractivity contribution >= 4 is 17.4 Å². The molecule has 3 rings (SSSR count). The van der Waals surface area contributed by atoms with Crippen molar-refractivity contribution in [1.29, 1.82) is 0 Å². The fourth-order valence-corrected chi connectivity index (χ4v) is 2.85. The van der Waals surface area contributed by atoms with Crippen molar-refractivity contribution in [3.8, 4) is 0 Å². The van der Waals surface area contributed by atoms with E-state index in [9.17, 15) is 9.18 Å². The lowest BCUT2D eigenvalue weighted by Gasteiger charge is -1.91. The van der Waals surface area contributed by atoms with E-state index >= 15 is 0 Å². The highest BCUT2D eigenvalue weighted by Crippen LogP contribution is 2.03. The molecule has 17 heavy (non-hydrogen) atoms. The van der Waals surface area contributed by atoms with Crippen LogP contribution in [0.25, 0.3) is 6.08 Å². The van der Waals surface area contributed by atoms with Gasteiger partial charge in [-0.3, -0.25) is 14.4 Å². The molecule has 2 aromatic rings. The highest BCUT2D eigenvalue weighted by molar-refractivity contribution is 7.07. The molecule has 2 heterocycles. The maximum Gasteiger partial charge on any atom is 0.270 e. The van der Waals surface area contributed by atoms with Gasteiger partial charge in [0.15, 0.2) is 4.80 Å². The Morgan fingerprint density at radius 2 is 2.35 bits per heavy atom. The van der Waals surface area contributed by atoms with Crippen molar-refractivity contribution in [2.45, 2.75) is 6.54 Å². The molecule has 1 aliphatic heterocycles. The standard InChI is InChI=1S/C12H9FN2OS/c13-9-3-1-2-8(6-9)7-10-11(16)15-5-4-14-12(15)17-10/h1-3,6-7H,4-5H2/b10-7-. The van der Waals surface area contributed by atoms with Crippen molar-refractivity contribution < 1.29 is 4.39 Å². The molecule has 0 atom stereocenters. The molecule has 0 unspecified atom stereocenters. The predicted molar refractivity (Wildman–Crippen MR) is 64.2 cm³/mol. The van der Waals surface area contributed by atoms with Crippen LogP contribution in [0.15, 0.2) is 34.1 Å². The topological polar surface area (TPSA) is 34.4 Å². The van der Waals surface area contributed by atoms with Crippen molar-refractivity contribution in [2.75, 3.05) is 6.54 Å². The summed E-state index contributed by atoms with van der Waals surface area (Å²) in [5.41, 5.74) is 0.665. The van der Waals surface area contributed by atoms with Gasteiger partial charge >= 0.3 is 0 Å². The first-order valence-electron chi connectivity index (χ1n) is 5.25. The zero-order valence-corrected chi connectivity index (χ0v) is 9.71. The molecule has 0 bridgehead atoms. The summed E-state index contributed by atoms with van der Waals surface area (Å²) >= 11 is 1.36. The molecule has 0 saturated carbocycles. The van der Waals surface area contributed by atoms with Crippen LogP contribution in [0.4, 0.5) is 4.39 Å². The van der Waals surface area contributed by atoms with Gasteiger partial charge in [0.05, 0.1) is 11.1 Å². The monoisotopic (exact) mass is 248 g/mol. The van der Waals surface area contributed by atoms with E-state index in [0.717, 1.165) is 4.80 Å². The lowest BCUT2D eigenvalue weighted by Crippen LogP contribution is -2.29. The van der Waals surface area contributed by atoms with Crippen LogP contribution in [-0.2, 0) is 6.54 Å². The van der Waals surface area contributed by atoms with Crippen molar-refractivity contribution in [3.05, 3.63) is 55.3 Å². The number of fused-ring (bicyclic) bond motifs is 1. The Hall–Kier alpha value is -1.75. The third-order valence-corrected chi connectivity index (χ3v) is 3.65. The highest BCUT2D eigenvalue weighted by atomic mass is 32.1. The summed E-state index contributed by atoms with van der Waals surface area (Å²) in [5, 5.41) is 0. The molecular weight excluding hydrogens is 239 g/mol. The lowest BCUT2D eigenvalue weighted by molar-refractivity contribution is 0.627. The number of aromatic nitrogens is 1. The van der Waals surface area contributed by atoms with Gasteiger partial charge in [0, 0.05) is 6.54 Å². The van der Waals surface area contributed by atoms with Gasteiger partial charge in [-0.25, -0.2) is 4.39 Å². The van der Waals surface area contributed by atoms with Gasteiger partial charge < -0.3 is 0 Å². The van der Waals surface area contributed by atoms with E-state index in [1.165, 1.54) is 23.5 Å². The minimum Gasteiger partial charge on any atom is -0.282 e. The van der Waals surface area contributed by atoms with E-state index in [-0.39, 0.29) is 11.4 Å². The summed E-state index contributed by atoms with van der Waals surface area (Å²) in [4.78, 5) is 16.9. The van der Waals surface area contributed by atoms with Crippen LogP contribution < -0.4 is 14.9 Å². The van der Waals surface area contributed by atoms with Crippen LogP contribution in [0, 0.1) is 5.82 Å². The Morgan fingerprint density at radius 1 is 1.47 bits per heavy atom. The molecule has 1 aliphatic rings. The number of thiazole rings is 1. The molecule has 0 fully saturated rings. The summed E-state index contributed by atoms with van der Waals surface area (Å²) in [6.45, 7) is 1.34. The molecule has 0 N–H and O–H groups in total. The summed E-state index contributed by atoms with van der Waals surface area (Å²) in [6.07, 6.45) is 1.71. The minimum atomic E-state index is -0.298. The Bertz CT molecular complexity index is 745. The van der Waals surface area contributed by atoms with Crippen molar-refractivity contribution in [2.24, 2.45) is 4.99 Å². The maximum absolute atomic E-state index is 13.0. The quantitative estimate of drug-likeness (QED) is 0.724. The van der Waals surface area contributed by atoms with Gasteiger partial charge in [-0.1, -0.05) is 23.5 Å². The fourth-order valence-electron chi connectivity index (χ4n) is 1.82. The number of benzene rings is 1. The molecule has 0 spiro atoms. The van der Waals surface area contributed by atoms with Crippen LogP contribution in [0.5, 0.6) is 0 Å². The highest BCUT2D eigenvalue weighted by Gasteiger charge is 2.09. The number of hydrogen-bond donors (Lipinski definition) is 0.